The van der Waals surface area contributed by atoms with Gasteiger partial charge in [-0.15, -0.1) is 11.3 Å². The number of aromatic nitrogens is 1. The lowest BCUT2D eigenvalue weighted by atomic mass is 10.1. The highest BCUT2D eigenvalue weighted by Crippen LogP contribution is 2.39. The van der Waals surface area contributed by atoms with Crippen LogP contribution in [0.15, 0.2) is 0 Å². The Bertz CT molecular complexity index is 521. The van der Waals surface area contributed by atoms with Crippen LogP contribution in [0, 0.1) is 5.92 Å². The van der Waals surface area contributed by atoms with Crippen LogP contribution in [-0.2, 0) is 11.2 Å². The predicted molar refractivity (Wildman–Crippen MR) is 84.3 cm³/mol. The van der Waals surface area contributed by atoms with E-state index < -0.39 is 5.97 Å². The summed E-state index contributed by atoms with van der Waals surface area (Å²) in [5.74, 6) is -0.406. The van der Waals surface area contributed by atoms with E-state index in [1.54, 1.807) is 11.3 Å². The molecule has 21 heavy (non-hydrogen) atoms. The summed E-state index contributed by atoms with van der Waals surface area (Å²) in [7, 11) is 0. The smallest absolute Gasteiger partial charge is 0.312 e. The number of carboxylic acid groups (broad SMARTS) is 1. The highest BCUT2D eigenvalue weighted by Gasteiger charge is 2.33. The van der Waals surface area contributed by atoms with Gasteiger partial charge in [0.25, 0.3) is 0 Å². The number of carbonyl (C=O) groups is 1. The van der Waals surface area contributed by atoms with Gasteiger partial charge in [0.15, 0.2) is 5.13 Å². The summed E-state index contributed by atoms with van der Waals surface area (Å²) in [6.07, 6.45) is 1.59. The summed E-state index contributed by atoms with van der Waals surface area (Å²) in [6.45, 7) is 9.81. The van der Waals surface area contributed by atoms with Gasteiger partial charge >= 0.3 is 5.97 Å². The molecule has 0 bridgehead atoms. The molecule has 6 heteroatoms. The van der Waals surface area contributed by atoms with Gasteiger partial charge in [-0.1, -0.05) is 13.8 Å². The van der Waals surface area contributed by atoms with Crippen LogP contribution >= 0.6 is 11.3 Å². The molecule has 1 aromatic heterocycles. The summed E-state index contributed by atoms with van der Waals surface area (Å²) >= 11 is 1.70. The quantitative estimate of drug-likeness (QED) is 0.922. The fourth-order valence-corrected chi connectivity index (χ4v) is 4.42. The van der Waals surface area contributed by atoms with Gasteiger partial charge in [0, 0.05) is 37.6 Å². The predicted octanol–water partition coefficient (Wildman–Crippen LogP) is 2.04. The average Bonchev–Trinajstić information content (AvgIpc) is 2.98. The van der Waals surface area contributed by atoms with Crippen molar-refractivity contribution in [2.75, 3.05) is 37.6 Å². The zero-order valence-corrected chi connectivity index (χ0v) is 13.5. The van der Waals surface area contributed by atoms with E-state index >= 15 is 0 Å². The molecule has 1 aromatic rings. The van der Waals surface area contributed by atoms with Crippen molar-refractivity contribution in [2.24, 2.45) is 5.92 Å². The van der Waals surface area contributed by atoms with Gasteiger partial charge in [-0.25, -0.2) is 4.98 Å². The fraction of sp³-hybridized carbons (Fsp3) is 0.733. The molecule has 1 N–H and O–H groups in total. The lowest BCUT2D eigenvalue weighted by Crippen LogP contribution is -2.47. The highest BCUT2D eigenvalue weighted by atomic mass is 32.1. The second kappa shape index (κ2) is 5.93. The van der Waals surface area contributed by atoms with Crippen molar-refractivity contribution in [3.63, 3.8) is 0 Å². The van der Waals surface area contributed by atoms with E-state index in [2.05, 4.69) is 28.6 Å². The van der Waals surface area contributed by atoms with Crippen molar-refractivity contribution in [1.82, 2.24) is 9.88 Å². The number of carboxylic acids is 1. The third kappa shape index (κ3) is 3.06. The Morgan fingerprint density at radius 1 is 1.38 bits per heavy atom. The Kier molecular flexibility index (Phi) is 4.17. The number of hydrogen-bond donors (Lipinski definition) is 1. The van der Waals surface area contributed by atoms with Crippen LogP contribution in [0.25, 0.3) is 0 Å². The maximum Gasteiger partial charge on any atom is 0.312 e. The van der Waals surface area contributed by atoms with Gasteiger partial charge < -0.3 is 10.0 Å². The number of aliphatic carboxylic acids is 1. The molecular formula is C15H23N3O2S. The molecule has 1 atom stereocenters. The molecule has 5 nitrogen and oxygen atoms in total. The minimum absolute atomic E-state index is 0.382. The number of thiazole rings is 1. The molecule has 2 heterocycles. The lowest BCUT2D eigenvalue weighted by Gasteiger charge is -2.35. The van der Waals surface area contributed by atoms with Crippen molar-refractivity contribution in [3.05, 3.63) is 10.6 Å². The van der Waals surface area contributed by atoms with Crippen molar-refractivity contribution < 1.29 is 9.90 Å². The Morgan fingerprint density at radius 2 is 2.10 bits per heavy atom. The van der Waals surface area contributed by atoms with Crippen LogP contribution in [0.4, 0.5) is 5.13 Å². The van der Waals surface area contributed by atoms with Gasteiger partial charge in [-0.3, -0.25) is 9.69 Å². The zero-order valence-electron chi connectivity index (χ0n) is 12.7. The van der Waals surface area contributed by atoms with E-state index in [1.807, 2.05) is 0 Å². The van der Waals surface area contributed by atoms with Crippen LogP contribution in [0.1, 0.15) is 36.8 Å². The van der Waals surface area contributed by atoms with Crippen molar-refractivity contribution in [1.29, 1.82) is 0 Å². The molecule has 1 aliphatic carbocycles. The third-order valence-electron chi connectivity index (χ3n) is 4.27. The van der Waals surface area contributed by atoms with Gasteiger partial charge in [0.1, 0.15) is 5.92 Å². The van der Waals surface area contributed by atoms with Crippen LogP contribution in [-0.4, -0.2) is 53.7 Å². The normalized spacial score (nSPS) is 22.8. The second-order valence-electron chi connectivity index (χ2n) is 6.42. The van der Waals surface area contributed by atoms with E-state index in [0.717, 1.165) is 50.0 Å². The molecule has 0 amide bonds. The zero-order chi connectivity index (χ0) is 15.0. The summed E-state index contributed by atoms with van der Waals surface area (Å²) < 4.78 is 0. The second-order valence-corrected chi connectivity index (χ2v) is 7.48. The number of nitrogens with zero attached hydrogens (tertiary/aromatic N) is 3. The minimum Gasteiger partial charge on any atom is -0.481 e. The summed E-state index contributed by atoms with van der Waals surface area (Å²) in [5.41, 5.74) is 0.826. The number of fused-ring (bicyclic) bond motifs is 1. The molecule has 1 aliphatic heterocycles. The SMILES string of the molecule is CC(C)CN1CCN(c2nc3c(s2)CCC3C(=O)O)CC1. The number of rotatable bonds is 4. The molecule has 0 saturated carbocycles. The van der Waals surface area contributed by atoms with Crippen molar-refractivity contribution in [3.8, 4) is 0 Å². The molecule has 1 saturated heterocycles. The number of piperazine rings is 1. The Labute approximate surface area is 129 Å². The topological polar surface area (TPSA) is 56.7 Å². The van der Waals surface area contributed by atoms with Gasteiger partial charge in [-0.2, -0.15) is 0 Å². The standard InChI is InChI=1S/C15H23N3O2S/c1-10(2)9-17-5-7-18(8-6-17)15-16-13-11(14(19)20)3-4-12(13)21-15/h10-11H,3-9H2,1-2H3,(H,19,20). The van der Waals surface area contributed by atoms with E-state index in [1.165, 1.54) is 4.88 Å². The van der Waals surface area contributed by atoms with E-state index in [9.17, 15) is 9.90 Å². The highest BCUT2D eigenvalue weighted by molar-refractivity contribution is 7.15. The first-order valence-corrected chi connectivity index (χ1v) is 8.56. The third-order valence-corrected chi connectivity index (χ3v) is 5.46. The van der Waals surface area contributed by atoms with E-state index in [4.69, 9.17) is 0 Å². The molecule has 3 rings (SSSR count). The molecule has 1 unspecified atom stereocenters. The van der Waals surface area contributed by atoms with Crippen LogP contribution in [0.2, 0.25) is 0 Å². The molecule has 2 aliphatic rings. The van der Waals surface area contributed by atoms with Crippen molar-refractivity contribution in [2.45, 2.75) is 32.6 Å². The lowest BCUT2D eigenvalue weighted by molar-refractivity contribution is -0.138. The molecule has 1 fully saturated rings. The Balaban J connectivity index is 1.65. The van der Waals surface area contributed by atoms with Gasteiger partial charge in [0.2, 0.25) is 0 Å². The van der Waals surface area contributed by atoms with Crippen molar-refractivity contribution >= 4 is 22.4 Å². The molecule has 0 radical (unpaired) electrons. The van der Waals surface area contributed by atoms with Crippen LogP contribution in [0.3, 0.4) is 0 Å². The molecule has 0 spiro atoms. The summed E-state index contributed by atoms with van der Waals surface area (Å²) in [5, 5.41) is 10.3. The Hall–Kier alpha value is -1.14. The number of aryl methyl sites for hydroxylation is 1. The first kappa shape index (κ1) is 14.8. The van der Waals surface area contributed by atoms with E-state index in [-0.39, 0.29) is 5.92 Å². The minimum atomic E-state index is -0.729. The maximum absolute atomic E-state index is 11.2. The number of anilines is 1. The Morgan fingerprint density at radius 3 is 2.71 bits per heavy atom. The first-order chi connectivity index (χ1) is 10.0. The molecular weight excluding hydrogens is 286 g/mol. The van der Waals surface area contributed by atoms with E-state index in [0.29, 0.717) is 12.3 Å². The van der Waals surface area contributed by atoms with Crippen LogP contribution in [0.5, 0.6) is 0 Å². The number of hydrogen-bond acceptors (Lipinski definition) is 5. The molecule has 0 aromatic carbocycles. The maximum atomic E-state index is 11.2. The summed E-state index contributed by atoms with van der Waals surface area (Å²) in [4.78, 5) is 21.9. The largest absolute Gasteiger partial charge is 0.481 e. The van der Waals surface area contributed by atoms with Gasteiger partial charge in [0.05, 0.1) is 5.69 Å². The first-order valence-electron chi connectivity index (χ1n) is 7.74. The van der Waals surface area contributed by atoms with Crippen LogP contribution < -0.4 is 4.90 Å². The monoisotopic (exact) mass is 309 g/mol. The van der Waals surface area contributed by atoms with Gasteiger partial charge in [-0.05, 0) is 18.8 Å². The average molecular weight is 309 g/mol. The summed E-state index contributed by atoms with van der Waals surface area (Å²) in [6, 6.07) is 0. The molecule has 116 valence electrons. The fourth-order valence-electron chi connectivity index (χ4n) is 3.23.